The van der Waals surface area contributed by atoms with Crippen LogP contribution < -0.4 is 5.32 Å². The molecule has 0 saturated carbocycles. The molecule has 0 unspecified atom stereocenters. The van der Waals surface area contributed by atoms with Gasteiger partial charge in [0.2, 0.25) is 0 Å². The van der Waals surface area contributed by atoms with Gasteiger partial charge in [-0.15, -0.1) is 0 Å². The molecule has 0 saturated heterocycles. The van der Waals surface area contributed by atoms with Crippen LogP contribution in [-0.4, -0.2) is 64.9 Å². The first-order valence-electron chi connectivity index (χ1n) is 9.67. The number of nitrogens with zero attached hydrogens (tertiary/aromatic N) is 5. The van der Waals surface area contributed by atoms with Crippen LogP contribution in [0.1, 0.15) is 29.9 Å². The average molecular weight is 412 g/mol. The lowest BCUT2D eigenvalue weighted by Crippen LogP contribution is -2.40. The Bertz CT molecular complexity index is 979. The van der Waals surface area contributed by atoms with Crippen molar-refractivity contribution >= 4 is 5.91 Å². The summed E-state index contributed by atoms with van der Waals surface area (Å²) in [6, 6.07) is 5.36. The summed E-state index contributed by atoms with van der Waals surface area (Å²) < 4.78 is 12.3. The summed E-state index contributed by atoms with van der Waals surface area (Å²) in [5, 5.41) is 7.36. The summed E-state index contributed by atoms with van der Waals surface area (Å²) in [7, 11) is 5.60. The Morgan fingerprint density at radius 3 is 2.80 bits per heavy atom. The van der Waals surface area contributed by atoms with Crippen molar-refractivity contribution in [1.82, 2.24) is 30.0 Å². The number of carbonyl (C=O) groups excluding carboxylic acids is 1. The van der Waals surface area contributed by atoms with Crippen molar-refractivity contribution in [3.8, 4) is 17.4 Å². The van der Waals surface area contributed by atoms with Crippen molar-refractivity contribution in [2.24, 2.45) is 5.41 Å². The van der Waals surface area contributed by atoms with Crippen molar-refractivity contribution < 1.29 is 13.9 Å². The Kier molecular flexibility index (Phi) is 6.63. The maximum Gasteiger partial charge on any atom is 0.254 e. The number of amides is 1. The van der Waals surface area contributed by atoms with Gasteiger partial charge in [0.1, 0.15) is 5.69 Å². The summed E-state index contributed by atoms with van der Waals surface area (Å²) >= 11 is 0. The Morgan fingerprint density at radius 2 is 2.13 bits per heavy atom. The zero-order chi connectivity index (χ0) is 21.7. The molecular weight excluding hydrogens is 384 g/mol. The van der Waals surface area contributed by atoms with Gasteiger partial charge in [0, 0.05) is 26.4 Å². The first kappa shape index (κ1) is 21.7. The minimum Gasteiger partial charge on any atom is -0.463 e. The predicted molar refractivity (Wildman–Crippen MR) is 112 cm³/mol. The Morgan fingerprint density at radius 1 is 1.33 bits per heavy atom. The lowest BCUT2D eigenvalue weighted by molar-refractivity contribution is 0.0924. The third-order valence-corrected chi connectivity index (χ3v) is 4.47. The highest BCUT2D eigenvalue weighted by atomic mass is 16.5. The summed E-state index contributed by atoms with van der Waals surface area (Å²) in [5.41, 5.74) is 1.57. The van der Waals surface area contributed by atoms with Crippen molar-refractivity contribution in [2.45, 2.75) is 20.5 Å². The van der Waals surface area contributed by atoms with Crippen molar-refractivity contribution in [2.75, 3.05) is 34.3 Å². The summed E-state index contributed by atoms with van der Waals surface area (Å²) in [4.78, 5) is 23.8. The van der Waals surface area contributed by atoms with Crippen LogP contribution >= 0.6 is 0 Å². The number of rotatable bonds is 9. The molecular formula is C21H28N6O3. The third kappa shape index (κ3) is 5.11. The van der Waals surface area contributed by atoms with E-state index in [1.165, 1.54) is 10.9 Å². The first-order valence-corrected chi connectivity index (χ1v) is 9.67. The van der Waals surface area contributed by atoms with E-state index in [4.69, 9.17) is 9.15 Å². The van der Waals surface area contributed by atoms with Crippen LogP contribution in [0.4, 0.5) is 0 Å². The number of carbonyl (C=O) groups is 1. The number of ether oxygens (including phenoxy) is 1. The van der Waals surface area contributed by atoms with Gasteiger partial charge in [0.05, 0.1) is 30.3 Å². The molecule has 0 atom stereocenters. The molecule has 0 spiro atoms. The molecule has 3 aromatic heterocycles. The second-order valence-electron chi connectivity index (χ2n) is 8.15. The van der Waals surface area contributed by atoms with Gasteiger partial charge in [-0.05, 0) is 37.7 Å². The monoisotopic (exact) mass is 412 g/mol. The molecule has 3 aromatic rings. The van der Waals surface area contributed by atoms with Crippen LogP contribution in [0.5, 0.6) is 0 Å². The van der Waals surface area contributed by atoms with Crippen LogP contribution in [0.25, 0.3) is 17.4 Å². The van der Waals surface area contributed by atoms with Gasteiger partial charge >= 0.3 is 0 Å². The summed E-state index contributed by atoms with van der Waals surface area (Å²) in [6.07, 6.45) is 4.73. The van der Waals surface area contributed by atoms with Crippen molar-refractivity contribution in [3.63, 3.8) is 0 Å². The standard InChI is InChI=1S/C21H28N6O3/c1-21(2,14-26(3)4)13-23-19(28)15-11-24-27(17(15)12-29-5)20-22-9-8-16(25-20)18-7-6-10-30-18/h6-11H,12-14H2,1-5H3,(H,23,28). The minimum atomic E-state index is -0.206. The van der Waals surface area contributed by atoms with Crippen LogP contribution in [0.3, 0.4) is 0 Å². The average Bonchev–Trinajstić information content (AvgIpc) is 3.36. The van der Waals surface area contributed by atoms with Crippen LogP contribution in [0, 0.1) is 5.41 Å². The van der Waals surface area contributed by atoms with E-state index >= 15 is 0 Å². The van der Waals surface area contributed by atoms with Crippen LogP contribution in [-0.2, 0) is 11.3 Å². The van der Waals surface area contributed by atoms with E-state index in [0.29, 0.717) is 35.2 Å². The molecule has 0 aromatic carbocycles. The van der Waals surface area contributed by atoms with E-state index in [-0.39, 0.29) is 17.9 Å². The molecule has 0 fully saturated rings. The highest BCUT2D eigenvalue weighted by Crippen LogP contribution is 2.20. The van der Waals surface area contributed by atoms with E-state index in [9.17, 15) is 4.79 Å². The fraction of sp³-hybridized carbons (Fsp3) is 0.429. The van der Waals surface area contributed by atoms with E-state index in [1.807, 2.05) is 20.2 Å². The van der Waals surface area contributed by atoms with Crippen LogP contribution in [0.2, 0.25) is 0 Å². The van der Waals surface area contributed by atoms with E-state index in [0.717, 1.165) is 6.54 Å². The largest absolute Gasteiger partial charge is 0.463 e. The normalized spacial score (nSPS) is 11.8. The molecule has 160 valence electrons. The van der Waals surface area contributed by atoms with E-state index in [1.54, 1.807) is 31.7 Å². The number of methoxy groups -OCH3 is 1. The zero-order valence-corrected chi connectivity index (χ0v) is 18.0. The van der Waals surface area contributed by atoms with Crippen LogP contribution in [0.15, 0.2) is 41.3 Å². The maximum atomic E-state index is 12.9. The smallest absolute Gasteiger partial charge is 0.254 e. The fourth-order valence-electron chi connectivity index (χ4n) is 3.35. The lowest BCUT2D eigenvalue weighted by Gasteiger charge is -2.28. The lowest BCUT2D eigenvalue weighted by atomic mass is 9.93. The summed E-state index contributed by atoms with van der Waals surface area (Å²) in [6.45, 7) is 5.80. The molecule has 1 amide bonds. The van der Waals surface area contributed by atoms with Gasteiger partial charge in [0.25, 0.3) is 11.9 Å². The summed E-state index contributed by atoms with van der Waals surface area (Å²) in [5.74, 6) is 0.755. The topological polar surface area (TPSA) is 98.3 Å². The van der Waals surface area contributed by atoms with Gasteiger partial charge in [-0.2, -0.15) is 9.78 Å². The van der Waals surface area contributed by atoms with Gasteiger partial charge in [-0.3, -0.25) is 4.79 Å². The number of aromatic nitrogens is 4. The zero-order valence-electron chi connectivity index (χ0n) is 18.0. The predicted octanol–water partition coefficient (Wildman–Crippen LogP) is 2.39. The first-order chi connectivity index (χ1) is 14.3. The molecule has 1 N–H and O–H groups in total. The van der Waals surface area contributed by atoms with Crippen molar-refractivity contribution in [1.29, 1.82) is 0 Å². The molecule has 3 rings (SSSR count). The Labute approximate surface area is 176 Å². The quantitative estimate of drug-likeness (QED) is 0.576. The van der Waals surface area contributed by atoms with E-state index < -0.39 is 0 Å². The van der Waals surface area contributed by atoms with Gasteiger partial charge in [-0.25, -0.2) is 9.97 Å². The number of hydrogen-bond acceptors (Lipinski definition) is 7. The van der Waals surface area contributed by atoms with Crippen molar-refractivity contribution in [3.05, 3.63) is 48.1 Å². The molecule has 0 bridgehead atoms. The second-order valence-corrected chi connectivity index (χ2v) is 8.15. The number of furan rings is 1. The second kappa shape index (κ2) is 9.19. The number of nitrogens with one attached hydrogen (secondary N) is 1. The molecule has 0 radical (unpaired) electrons. The SMILES string of the molecule is COCc1c(C(=O)NCC(C)(C)CN(C)C)cnn1-c1nccc(-c2ccco2)n1. The minimum absolute atomic E-state index is 0.0724. The van der Waals surface area contributed by atoms with Gasteiger partial charge < -0.3 is 19.4 Å². The Balaban J connectivity index is 1.85. The molecule has 30 heavy (non-hydrogen) atoms. The van der Waals surface area contributed by atoms with E-state index in [2.05, 4.69) is 39.1 Å². The van der Waals surface area contributed by atoms with Gasteiger partial charge in [-0.1, -0.05) is 13.8 Å². The molecule has 9 nitrogen and oxygen atoms in total. The number of hydrogen-bond donors (Lipinski definition) is 1. The fourth-order valence-corrected chi connectivity index (χ4v) is 3.35. The molecule has 9 heteroatoms. The maximum absolute atomic E-state index is 12.9. The molecule has 0 aliphatic heterocycles. The molecule has 3 heterocycles. The third-order valence-electron chi connectivity index (χ3n) is 4.47. The Hall–Kier alpha value is -3.04. The molecule has 0 aliphatic carbocycles. The molecule has 0 aliphatic rings. The highest BCUT2D eigenvalue weighted by molar-refractivity contribution is 5.95. The highest BCUT2D eigenvalue weighted by Gasteiger charge is 2.24. The van der Waals surface area contributed by atoms with Gasteiger partial charge in [0.15, 0.2) is 5.76 Å².